The molecule has 3 rings (SSSR count). The number of nitrogens with zero attached hydrogens (tertiary/aromatic N) is 1. The summed E-state index contributed by atoms with van der Waals surface area (Å²) in [6, 6.07) is 10.3. The van der Waals surface area contributed by atoms with E-state index >= 15 is 0 Å². The van der Waals surface area contributed by atoms with Crippen molar-refractivity contribution in [1.29, 1.82) is 0 Å². The number of benzene rings is 2. The molecule has 0 fully saturated rings. The van der Waals surface area contributed by atoms with Gasteiger partial charge in [0, 0.05) is 16.1 Å². The minimum atomic E-state index is -1.49. The van der Waals surface area contributed by atoms with Gasteiger partial charge in [-0.05, 0) is 43.3 Å². The van der Waals surface area contributed by atoms with E-state index in [0.29, 0.717) is 5.02 Å². The third-order valence-electron chi connectivity index (χ3n) is 4.35. The lowest BCUT2D eigenvalue weighted by Gasteiger charge is -2.22. The van der Waals surface area contributed by atoms with Crippen LogP contribution in [0.2, 0.25) is 5.02 Å². The van der Waals surface area contributed by atoms with E-state index in [1.165, 1.54) is 42.5 Å². The summed E-state index contributed by atoms with van der Waals surface area (Å²) in [6.45, 7) is 1.77. The molecule has 29 heavy (non-hydrogen) atoms. The molecule has 0 aromatic heterocycles. The van der Waals surface area contributed by atoms with E-state index in [0.717, 1.165) is 7.11 Å². The first-order valence-corrected chi connectivity index (χ1v) is 9.07. The Hall–Kier alpha value is -3.32. The molecule has 7 nitrogen and oxygen atoms in total. The van der Waals surface area contributed by atoms with E-state index in [1.807, 2.05) is 0 Å². The monoisotopic (exact) mass is 413 g/mol. The molecular weight excluding hydrogens is 398 g/mol. The first-order valence-electron chi connectivity index (χ1n) is 8.70. The summed E-state index contributed by atoms with van der Waals surface area (Å²) in [6.07, 6.45) is 0. The van der Waals surface area contributed by atoms with E-state index in [1.54, 1.807) is 6.92 Å². The molecular formula is C21H16ClNO6. The Kier molecular flexibility index (Phi) is 5.89. The van der Waals surface area contributed by atoms with Gasteiger partial charge in [-0.2, -0.15) is 0 Å². The molecule has 1 heterocycles. The molecule has 0 bridgehead atoms. The van der Waals surface area contributed by atoms with Crippen LogP contribution in [-0.4, -0.2) is 42.9 Å². The van der Waals surface area contributed by atoms with E-state index in [-0.39, 0.29) is 34.7 Å². The van der Waals surface area contributed by atoms with Crippen molar-refractivity contribution in [2.45, 2.75) is 6.92 Å². The van der Waals surface area contributed by atoms with Crippen molar-refractivity contribution in [2.75, 3.05) is 13.7 Å². The van der Waals surface area contributed by atoms with Crippen molar-refractivity contribution in [1.82, 2.24) is 0 Å². The Morgan fingerprint density at radius 2 is 1.76 bits per heavy atom. The van der Waals surface area contributed by atoms with Gasteiger partial charge in [0.15, 0.2) is 11.6 Å². The zero-order chi connectivity index (χ0) is 21.1. The fraction of sp³-hybridized carbons (Fsp3) is 0.190. The van der Waals surface area contributed by atoms with Gasteiger partial charge in [-0.15, -0.1) is 0 Å². The van der Waals surface area contributed by atoms with Crippen LogP contribution in [0.1, 0.15) is 38.0 Å². The maximum atomic E-state index is 13.2. The van der Waals surface area contributed by atoms with Crippen LogP contribution >= 0.6 is 11.6 Å². The maximum Gasteiger partial charge on any atom is 0.353 e. The molecule has 0 aliphatic carbocycles. The molecule has 0 radical (unpaired) electrons. The molecule has 0 saturated carbocycles. The third-order valence-corrected chi connectivity index (χ3v) is 4.60. The van der Waals surface area contributed by atoms with Crippen LogP contribution in [-0.2, 0) is 14.3 Å². The van der Waals surface area contributed by atoms with Gasteiger partial charge >= 0.3 is 11.9 Å². The van der Waals surface area contributed by atoms with Gasteiger partial charge in [0.05, 0.1) is 25.0 Å². The van der Waals surface area contributed by atoms with E-state index in [4.69, 9.17) is 21.1 Å². The molecule has 2 aromatic rings. The van der Waals surface area contributed by atoms with Crippen molar-refractivity contribution in [3.8, 4) is 0 Å². The number of ether oxygens (including phenoxy) is 2. The van der Waals surface area contributed by atoms with Crippen molar-refractivity contribution >= 4 is 46.5 Å². The van der Waals surface area contributed by atoms with Crippen molar-refractivity contribution in [3.05, 3.63) is 64.2 Å². The number of carbonyl (C=O) groups is 4. The fourth-order valence-corrected chi connectivity index (χ4v) is 3.12. The lowest BCUT2D eigenvalue weighted by Crippen LogP contribution is -2.39. The number of Topliss-reactive ketones (excluding diaryl/α,β-unsaturated/α-hetero) is 2. The average Bonchev–Trinajstić information content (AvgIpc) is 2.73. The van der Waals surface area contributed by atoms with Crippen LogP contribution in [0.4, 0.5) is 5.69 Å². The Morgan fingerprint density at radius 1 is 1.07 bits per heavy atom. The number of hydrogen-bond acceptors (Lipinski definition) is 7. The largest absolute Gasteiger partial charge is 0.465 e. The van der Waals surface area contributed by atoms with Crippen LogP contribution in [0.25, 0.3) is 0 Å². The van der Waals surface area contributed by atoms with Crippen molar-refractivity contribution in [3.63, 3.8) is 0 Å². The highest BCUT2D eigenvalue weighted by Crippen LogP contribution is 2.34. The number of aliphatic imine (C=N–C) groups is 1. The molecule has 148 valence electrons. The highest BCUT2D eigenvalue weighted by atomic mass is 35.5. The predicted octanol–water partition coefficient (Wildman–Crippen LogP) is 3.46. The van der Waals surface area contributed by atoms with Crippen molar-refractivity contribution < 1.29 is 28.7 Å². The molecule has 2 aromatic carbocycles. The summed E-state index contributed by atoms with van der Waals surface area (Å²) in [5.74, 6) is -4.39. The van der Waals surface area contributed by atoms with Crippen molar-refractivity contribution in [2.24, 2.45) is 10.9 Å². The SMILES string of the molecule is CCOC(=O)c1cccc2c1N=C(C(=O)OC)C(C(=O)c1ccc(Cl)cc1)C2=O. The maximum absolute atomic E-state index is 13.2. The number of carbonyl (C=O) groups excluding carboxylic acids is 4. The first kappa shape index (κ1) is 20.4. The molecule has 1 unspecified atom stereocenters. The van der Waals surface area contributed by atoms with Crippen LogP contribution in [0.5, 0.6) is 0 Å². The lowest BCUT2D eigenvalue weighted by atomic mass is 9.82. The van der Waals surface area contributed by atoms with Gasteiger partial charge < -0.3 is 9.47 Å². The lowest BCUT2D eigenvalue weighted by molar-refractivity contribution is -0.133. The molecule has 0 saturated heterocycles. The number of halogens is 1. The van der Waals surface area contributed by atoms with Gasteiger partial charge in [-0.25, -0.2) is 14.6 Å². The number of esters is 2. The highest BCUT2D eigenvalue weighted by Gasteiger charge is 2.42. The van der Waals surface area contributed by atoms with Crippen LogP contribution < -0.4 is 0 Å². The summed E-state index contributed by atoms with van der Waals surface area (Å²) in [5.41, 5.74) is -0.139. The average molecular weight is 414 g/mol. The van der Waals surface area contributed by atoms with Gasteiger partial charge in [-0.1, -0.05) is 17.7 Å². The number of para-hydroxylation sites is 1. The summed E-state index contributed by atoms with van der Waals surface area (Å²) in [4.78, 5) is 55.0. The fourth-order valence-electron chi connectivity index (χ4n) is 2.99. The Bertz CT molecular complexity index is 1040. The second-order valence-electron chi connectivity index (χ2n) is 6.08. The smallest absolute Gasteiger partial charge is 0.353 e. The van der Waals surface area contributed by atoms with E-state index in [9.17, 15) is 19.2 Å². The minimum absolute atomic E-state index is 0.0171. The summed E-state index contributed by atoms with van der Waals surface area (Å²) < 4.78 is 9.72. The summed E-state index contributed by atoms with van der Waals surface area (Å²) in [7, 11) is 1.12. The zero-order valence-corrected chi connectivity index (χ0v) is 16.4. The minimum Gasteiger partial charge on any atom is -0.465 e. The Balaban J connectivity index is 2.15. The molecule has 0 N–H and O–H groups in total. The molecule has 1 aliphatic rings. The number of fused-ring (bicyclic) bond motifs is 1. The number of methoxy groups -OCH3 is 1. The molecule has 1 aliphatic heterocycles. The van der Waals surface area contributed by atoms with E-state index < -0.39 is 29.4 Å². The van der Waals surface area contributed by atoms with Crippen LogP contribution in [0.3, 0.4) is 0 Å². The van der Waals surface area contributed by atoms with E-state index in [2.05, 4.69) is 4.99 Å². The second kappa shape index (κ2) is 8.36. The highest BCUT2D eigenvalue weighted by molar-refractivity contribution is 6.50. The molecule has 0 amide bonds. The van der Waals surface area contributed by atoms with Crippen LogP contribution in [0.15, 0.2) is 47.5 Å². The summed E-state index contributed by atoms with van der Waals surface area (Å²) >= 11 is 5.85. The summed E-state index contributed by atoms with van der Waals surface area (Å²) in [5, 5.41) is 0.419. The topological polar surface area (TPSA) is 99.1 Å². The molecule has 1 atom stereocenters. The number of hydrogen-bond donors (Lipinski definition) is 0. The first-order chi connectivity index (χ1) is 13.9. The zero-order valence-electron chi connectivity index (χ0n) is 15.6. The number of ketones is 2. The Labute approximate surface area is 171 Å². The molecule has 0 spiro atoms. The number of rotatable bonds is 5. The molecule has 8 heteroatoms. The standard InChI is InChI=1S/C21H16ClNO6/c1-3-29-20(26)14-6-4-5-13-16(14)23-17(21(27)28-2)15(19(13)25)18(24)11-7-9-12(22)10-8-11/h4-10,15H,3H2,1-2H3. The third kappa shape index (κ3) is 3.82. The predicted molar refractivity (Wildman–Crippen MR) is 105 cm³/mol. The van der Waals surface area contributed by atoms with Crippen LogP contribution in [0, 0.1) is 5.92 Å². The Morgan fingerprint density at radius 3 is 2.38 bits per heavy atom. The second-order valence-corrected chi connectivity index (χ2v) is 6.52. The van der Waals surface area contributed by atoms with Gasteiger partial charge in [0.2, 0.25) is 0 Å². The van der Waals surface area contributed by atoms with Gasteiger partial charge in [0.25, 0.3) is 0 Å². The normalized spacial score (nSPS) is 15.2. The van der Waals surface area contributed by atoms with Gasteiger partial charge in [-0.3, -0.25) is 9.59 Å². The van der Waals surface area contributed by atoms with Gasteiger partial charge in [0.1, 0.15) is 11.6 Å². The quantitative estimate of drug-likeness (QED) is 0.423.